The molecule has 2 atom stereocenters. The summed E-state index contributed by atoms with van der Waals surface area (Å²) < 4.78 is 34.2. The highest BCUT2D eigenvalue weighted by atomic mass is 31.2. The van der Waals surface area contributed by atoms with Crippen LogP contribution in [0.3, 0.4) is 0 Å². The number of carbonyl (C=O) groups is 2. The molecule has 9 nitrogen and oxygen atoms in total. The lowest BCUT2D eigenvalue weighted by Crippen LogP contribution is -2.37. The lowest BCUT2D eigenvalue weighted by atomic mass is 10.0. The second-order valence-electron chi connectivity index (χ2n) is 20.6. The average Bonchev–Trinajstić information content (AvgIpc) is 3.34. The topological polar surface area (TPSA) is 111 Å². The van der Waals surface area contributed by atoms with Crippen LogP contribution in [0.4, 0.5) is 0 Å². The Hall–Kier alpha value is -2.81. The fraction of sp³-hybridized carbons (Fsp3) is 0.742. The number of esters is 2. The lowest BCUT2D eigenvalue weighted by molar-refractivity contribution is -0.870. The summed E-state index contributed by atoms with van der Waals surface area (Å²) in [4.78, 5) is 37.9. The van der Waals surface area contributed by atoms with E-state index in [0.717, 1.165) is 96.3 Å². The zero-order chi connectivity index (χ0) is 52.7. The van der Waals surface area contributed by atoms with Crippen molar-refractivity contribution >= 4 is 19.8 Å². The molecule has 0 aliphatic carbocycles. The molecule has 0 spiro atoms. The highest BCUT2D eigenvalue weighted by molar-refractivity contribution is 7.45. The summed E-state index contributed by atoms with van der Waals surface area (Å²) in [5.74, 6) is -0.841. The highest BCUT2D eigenvalue weighted by Gasteiger charge is 2.22. The Labute approximate surface area is 443 Å². The molecule has 0 saturated heterocycles. The molecule has 2 unspecified atom stereocenters. The van der Waals surface area contributed by atoms with Gasteiger partial charge in [-0.25, -0.2) is 0 Å². The summed E-state index contributed by atoms with van der Waals surface area (Å²) in [6, 6.07) is 0. The average molecular weight is 1030 g/mol. The summed E-state index contributed by atoms with van der Waals surface area (Å²) in [6.07, 6.45) is 70.5. The van der Waals surface area contributed by atoms with Crippen molar-refractivity contribution in [2.45, 2.75) is 251 Å². The van der Waals surface area contributed by atoms with Crippen molar-refractivity contribution < 1.29 is 42.1 Å². The van der Waals surface area contributed by atoms with E-state index in [1.54, 1.807) is 0 Å². The van der Waals surface area contributed by atoms with Crippen LogP contribution >= 0.6 is 7.82 Å². The van der Waals surface area contributed by atoms with E-state index >= 15 is 0 Å². The zero-order valence-corrected chi connectivity index (χ0v) is 48.0. The summed E-state index contributed by atoms with van der Waals surface area (Å²) in [7, 11) is 1.16. The molecule has 0 N–H and O–H groups in total. The number of hydrogen-bond acceptors (Lipinski definition) is 8. The van der Waals surface area contributed by atoms with Crippen molar-refractivity contribution in [2.24, 2.45) is 0 Å². The molecule has 0 saturated carbocycles. The van der Waals surface area contributed by atoms with E-state index in [-0.39, 0.29) is 32.0 Å². The molecule has 0 heterocycles. The van der Waals surface area contributed by atoms with Crippen LogP contribution in [0, 0.1) is 0 Å². The maximum absolute atomic E-state index is 12.8. The van der Waals surface area contributed by atoms with Crippen molar-refractivity contribution in [3.05, 3.63) is 85.1 Å². The molecule has 0 aromatic rings. The van der Waals surface area contributed by atoms with Crippen LogP contribution in [0.2, 0.25) is 0 Å². The summed E-state index contributed by atoms with van der Waals surface area (Å²) in [6.45, 7) is 4.12. The molecule has 416 valence electrons. The monoisotopic (exact) mass is 1030 g/mol. The number of unbranched alkanes of at least 4 members (excludes halogenated alkanes) is 25. The van der Waals surface area contributed by atoms with Crippen LogP contribution < -0.4 is 4.89 Å². The molecular weight excluding hydrogens is 918 g/mol. The van der Waals surface area contributed by atoms with Crippen LogP contribution in [0.1, 0.15) is 245 Å². The predicted octanol–water partition coefficient (Wildman–Crippen LogP) is 17.6. The molecule has 0 aliphatic heterocycles. The highest BCUT2D eigenvalue weighted by Crippen LogP contribution is 2.38. The molecule has 0 rings (SSSR count). The van der Waals surface area contributed by atoms with E-state index in [0.29, 0.717) is 17.4 Å². The standard InChI is InChI=1S/C62H110NO8P/c1-6-8-10-12-14-16-18-20-22-24-26-28-29-30-31-32-33-35-37-39-41-43-45-47-49-51-53-55-62(65)71-60(59-70-72(66,67)69-57-56-63(3,4)5)58-68-61(64)54-52-50-48-46-44-42-40-38-36-34-27-25-23-21-19-17-15-13-11-9-7-2/h8,10,14,16,19-22,25-28,30-31,60H,6-7,9,11-13,15,17-18,23-24,29,32-59H2,1-5H3/b10-8-,16-14-,21-19-,22-20-,27-25-,28-26-,31-30-. The first-order valence-corrected chi connectivity index (χ1v) is 30.8. The number of hydrogen-bond donors (Lipinski definition) is 0. The van der Waals surface area contributed by atoms with Gasteiger partial charge in [0.25, 0.3) is 7.82 Å². The number of carbonyl (C=O) groups excluding carboxylic acids is 2. The van der Waals surface area contributed by atoms with E-state index in [1.165, 1.54) is 116 Å². The van der Waals surface area contributed by atoms with E-state index in [9.17, 15) is 19.0 Å². The number of quaternary nitrogens is 1. The second kappa shape index (κ2) is 53.0. The maximum atomic E-state index is 12.8. The Bertz CT molecular complexity index is 1490. The van der Waals surface area contributed by atoms with Crippen molar-refractivity contribution in [3.63, 3.8) is 0 Å². The van der Waals surface area contributed by atoms with Crippen LogP contribution in [0.15, 0.2) is 85.1 Å². The Morgan fingerprint density at radius 1 is 0.444 bits per heavy atom. The largest absolute Gasteiger partial charge is 0.756 e. The van der Waals surface area contributed by atoms with Gasteiger partial charge in [-0.05, 0) is 89.9 Å². The summed E-state index contributed by atoms with van der Waals surface area (Å²) in [5.41, 5.74) is 0. The molecule has 0 bridgehead atoms. The Morgan fingerprint density at radius 3 is 1.18 bits per heavy atom. The number of rotatable bonds is 53. The van der Waals surface area contributed by atoms with Crippen molar-refractivity contribution in [3.8, 4) is 0 Å². The number of phosphoric acid groups is 1. The van der Waals surface area contributed by atoms with Gasteiger partial charge in [0.2, 0.25) is 0 Å². The third kappa shape index (κ3) is 56.5. The van der Waals surface area contributed by atoms with E-state index in [1.807, 2.05) is 21.1 Å². The molecule has 0 radical (unpaired) electrons. The second-order valence-corrected chi connectivity index (χ2v) is 22.0. The van der Waals surface area contributed by atoms with Gasteiger partial charge in [0.05, 0.1) is 27.7 Å². The van der Waals surface area contributed by atoms with Crippen LogP contribution in [0.5, 0.6) is 0 Å². The minimum atomic E-state index is -4.64. The van der Waals surface area contributed by atoms with Crippen LogP contribution in [-0.2, 0) is 32.7 Å². The molecule has 0 amide bonds. The summed E-state index contributed by atoms with van der Waals surface area (Å²) >= 11 is 0. The van der Waals surface area contributed by atoms with Crippen molar-refractivity contribution in [1.29, 1.82) is 0 Å². The fourth-order valence-corrected chi connectivity index (χ4v) is 8.62. The van der Waals surface area contributed by atoms with Crippen LogP contribution in [0.25, 0.3) is 0 Å². The van der Waals surface area contributed by atoms with Gasteiger partial charge < -0.3 is 27.9 Å². The van der Waals surface area contributed by atoms with Crippen molar-refractivity contribution in [1.82, 2.24) is 0 Å². The van der Waals surface area contributed by atoms with Gasteiger partial charge in [0.1, 0.15) is 19.8 Å². The molecule has 72 heavy (non-hydrogen) atoms. The Balaban J connectivity index is 4.18. The smallest absolute Gasteiger partial charge is 0.306 e. The van der Waals surface area contributed by atoms with E-state index < -0.39 is 26.5 Å². The van der Waals surface area contributed by atoms with Crippen molar-refractivity contribution in [2.75, 3.05) is 47.5 Å². The summed E-state index contributed by atoms with van der Waals surface area (Å²) in [5, 5.41) is 0. The normalized spacial score (nSPS) is 13.9. The number of ether oxygens (including phenoxy) is 2. The molecule has 0 aromatic heterocycles. The SMILES string of the molecule is CC/C=C\C/C=C\C/C=C\C/C=C\C/C=C\CCCCCCCCCCCCCC(=O)OC(COC(=O)CCCCCCCCCCC/C=C\C/C=C\CCCCCCC)COP(=O)([O-])OCC[N+](C)(C)C. The molecule has 10 heteroatoms. The fourth-order valence-electron chi connectivity index (χ4n) is 7.89. The number of allylic oxidation sites excluding steroid dienone is 14. The molecule has 0 fully saturated rings. The quantitative estimate of drug-likeness (QED) is 0.0195. The first-order valence-electron chi connectivity index (χ1n) is 29.3. The van der Waals surface area contributed by atoms with Gasteiger partial charge in [-0.15, -0.1) is 0 Å². The van der Waals surface area contributed by atoms with Gasteiger partial charge in [0, 0.05) is 12.8 Å². The third-order valence-corrected chi connectivity index (χ3v) is 13.4. The first-order chi connectivity index (χ1) is 35.0. The maximum Gasteiger partial charge on any atom is 0.306 e. The minimum absolute atomic E-state index is 0.0354. The van der Waals surface area contributed by atoms with E-state index in [2.05, 4.69) is 98.9 Å². The van der Waals surface area contributed by atoms with Gasteiger partial charge >= 0.3 is 11.9 Å². The predicted molar refractivity (Wildman–Crippen MR) is 305 cm³/mol. The van der Waals surface area contributed by atoms with Gasteiger partial charge in [-0.2, -0.15) is 0 Å². The van der Waals surface area contributed by atoms with Crippen LogP contribution in [-0.4, -0.2) is 70.0 Å². The van der Waals surface area contributed by atoms with Gasteiger partial charge in [0.15, 0.2) is 6.10 Å². The van der Waals surface area contributed by atoms with Gasteiger partial charge in [-0.3, -0.25) is 14.2 Å². The zero-order valence-electron chi connectivity index (χ0n) is 47.1. The molecule has 0 aromatic carbocycles. The first kappa shape index (κ1) is 69.2. The van der Waals surface area contributed by atoms with Gasteiger partial charge in [-0.1, -0.05) is 227 Å². The lowest BCUT2D eigenvalue weighted by Gasteiger charge is -2.28. The number of phosphoric ester groups is 1. The number of likely N-dealkylation sites (N-methyl/N-ethyl adjacent to an activating group) is 1. The molecule has 0 aliphatic rings. The minimum Gasteiger partial charge on any atom is -0.756 e. The third-order valence-electron chi connectivity index (χ3n) is 12.4. The number of nitrogens with zero attached hydrogens (tertiary/aromatic N) is 1. The Kier molecular flexibility index (Phi) is 51.0. The van der Waals surface area contributed by atoms with E-state index in [4.69, 9.17) is 18.5 Å². The molecular formula is C62H110NO8P. The Morgan fingerprint density at radius 2 is 0.792 bits per heavy atom.